The maximum Gasteiger partial charge on any atom is 0.236 e. The van der Waals surface area contributed by atoms with Crippen LogP contribution in [0.2, 0.25) is 0 Å². The Bertz CT molecular complexity index is 405. The molecule has 0 aliphatic carbocycles. The van der Waals surface area contributed by atoms with Crippen molar-refractivity contribution < 1.29 is 9.52 Å². The van der Waals surface area contributed by atoms with Crippen molar-refractivity contribution in [3.8, 4) is 10.8 Å². The highest BCUT2D eigenvalue weighted by Gasteiger charge is 2.09. The van der Waals surface area contributed by atoms with E-state index in [2.05, 4.69) is 4.98 Å². The molecule has 0 fully saturated rings. The number of hydrogen-bond donors (Lipinski definition) is 1. The molecule has 2 aromatic rings. The second-order valence-corrected chi connectivity index (χ2v) is 3.64. The van der Waals surface area contributed by atoms with Gasteiger partial charge in [-0.05, 0) is 23.9 Å². The predicted octanol–water partition coefficient (Wildman–Crippen LogP) is 2.20. The fraction of sp³-hybridized carbons (Fsp3) is 0.222. The molecule has 1 N–H and O–H groups in total. The lowest BCUT2D eigenvalue weighted by atomic mass is 10.3. The summed E-state index contributed by atoms with van der Waals surface area (Å²) in [5.74, 6) is 1.10. The molecule has 0 aliphatic heterocycles. The Labute approximate surface area is 79.7 Å². The molecule has 68 valence electrons. The molecule has 2 rings (SSSR count). The third kappa shape index (κ3) is 1.50. The van der Waals surface area contributed by atoms with E-state index in [1.807, 2.05) is 18.4 Å². The first kappa shape index (κ1) is 8.47. The van der Waals surface area contributed by atoms with Gasteiger partial charge in [0.25, 0.3) is 0 Å². The van der Waals surface area contributed by atoms with Gasteiger partial charge >= 0.3 is 0 Å². The monoisotopic (exact) mass is 195 g/mol. The molecule has 2 aromatic heterocycles. The molecule has 0 radical (unpaired) electrons. The van der Waals surface area contributed by atoms with Gasteiger partial charge in [-0.2, -0.15) is 0 Å². The fourth-order valence-electron chi connectivity index (χ4n) is 1.08. The molecule has 2 heterocycles. The van der Waals surface area contributed by atoms with E-state index >= 15 is 0 Å². The van der Waals surface area contributed by atoms with Gasteiger partial charge in [-0.1, -0.05) is 0 Å². The summed E-state index contributed by atoms with van der Waals surface area (Å²) in [6.45, 7) is 1.91. The minimum Gasteiger partial charge on any atom is -0.438 e. The number of aliphatic hydroxyl groups is 1. The van der Waals surface area contributed by atoms with Crippen molar-refractivity contribution >= 4 is 11.3 Å². The maximum absolute atomic E-state index is 8.79. The highest BCUT2D eigenvalue weighted by atomic mass is 32.1. The van der Waals surface area contributed by atoms with Crippen molar-refractivity contribution in [1.82, 2.24) is 4.98 Å². The van der Waals surface area contributed by atoms with Gasteiger partial charge in [0.05, 0.1) is 11.1 Å². The number of rotatable bonds is 2. The van der Waals surface area contributed by atoms with Crippen molar-refractivity contribution in [1.29, 1.82) is 0 Å². The van der Waals surface area contributed by atoms with Crippen molar-refractivity contribution in [2.75, 3.05) is 0 Å². The SMILES string of the molecule is Cc1ccsc1-c1ncc(CO)o1. The number of nitrogens with zero attached hydrogens (tertiary/aromatic N) is 1. The van der Waals surface area contributed by atoms with Crippen LogP contribution in [0.5, 0.6) is 0 Å². The fourth-order valence-corrected chi connectivity index (χ4v) is 1.93. The van der Waals surface area contributed by atoms with Crippen molar-refractivity contribution in [3.05, 3.63) is 29.0 Å². The number of aryl methyl sites for hydroxylation is 1. The van der Waals surface area contributed by atoms with Crippen LogP contribution < -0.4 is 0 Å². The van der Waals surface area contributed by atoms with Gasteiger partial charge < -0.3 is 9.52 Å². The van der Waals surface area contributed by atoms with Crippen LogP contribution in [0.1, 0.15) is 11.3 Å². The Balaban J connectivity index is 2.41. The average Bonchev–Trinajstić information content (AvgIpc) is 2.71. The van der Waals surface area contributed by atoms with Crippen molar-refractivity contribution in [3.63, 3.8) is 0 Å². The molecule has 0 saturated carbocycles. The van der Waals surface area contributed by atoms with Crippen LogP contribution >= 0.6 is 11.3 Å². The molecule has 0 spiro atoms. The zero-order valence-electron chi connectivity index (χ0n) is 7.15. The average molecular weight is 195 g/mol. The molecule has 0 bridgehead atoms. The first-order valence-electron chi connectivity index (χ1n) is 3.91. The van der Waals surface area contributed by atoms with Crippen molar-refractivity contribution in [2.24, 2.45) is 0 Å². The number of hydrogen-bond acceptors (Lipinski definition) is 4. The number of aromatic nitrogens is 1. The van der Waals surface area contributed by atoms with Crippen LogP contribution in [0.25, 0.3) is 10.8 Å². The molecule has 0 aliphatic rings. The Morgan fingerprint density at radius 2 is 2.46 bits per heavy atom. The van der Waals surface area contributed by atoms with E-state index in [0.29, 0.717) is 11.7 Å². The quantitative estimate of drug-likeness (QED) is 0.799. The summed E-state index contributed by atoms with van der Waals surface area (Å²) < 4.78 is 5.31. The van der Waals surface area contributed by atoms with E-state index in [9.17, 15) is 0 Å². The summed E-state index contributed by atoms with van der Waals surface area (Å²) in [4.78, 5) is 5.10. The summed E-state index contributed by atoms with van der Waals surface area (Å²) in [6, 6.07) is 2.02. The topological polar surface area (TPSA) is 46.3 Å². The largest absolute Gasteiger partial charge is 0.438 e. The zero-order valence-corrected chi connectivity index (χ0v) is 7.97. The molecular formula is C9H9NO2S. The summed E-state index contributed by atoms with van der Waals surface area (Å²) >= 11 is 1.59. The van der Waals surface area contributed by atoms with Gasteiger partial charge in [0, 0.05) is 0 Å². The van der Waals surface area contributed by atoms with Crippen molar-refractivity contribution in [2.45, 2.75) is 13.5 Å². The molecule has 0 amide bonds. The number of aliphatic hydroxyl groups excluding tert-OH is 1. The predicted molar refractivity (Wildman–Crippen MR) is 50.5 cm³/mol. The molecule has 0 aromatic carbocycles. The summed E-state index contributed by atoms with van der Waals surface area (Å²) in [6.07, 6.45) is 1.55. The second kappa shape index (κ2) is 3.32. The van der Waals surface area contributed by atoms with E-state index in [4.69, 9.17) is 9.52 Å². The van der Waals surface area contributed by atoms with E-state index in [1.165, 1.54) is 0 Å². The van der Waals surface area contributed by atoms with Crippen LogP contribution in [0.4, 0.5) is 0 Å². The summed E-state index contributed by atoms with van der Waals surface area (Å²) in [7, 11) is 0. The van der Waals surface area contributed by atoms with Crippen LogP contribution in [-0.2, 0) is 6.61 Å². The van der Waals surface area contributed by atoms with Gasteiger partial charge in [-0.25, -0.2) is 4.98 Å². The lowest BCUT2D eigenvalue weighted by Gasteiger charge is -1.91. The molecular weight excluding hydrogens is 186 g/mol. The summed E-state index contributed by atoms with van der Waals surface area (Å²) in [5.41, 5.74) is 1.15. The Hall–Kier alpha value is -1.13. The van der Waals surface area contributed by atoms with Crippen LogP contribution in [-0.4, -0.2) is 10.1 Å². The van der Waals surface area contributed by atoms with Gasteiger partial charge in [-0.15, -0.1) is 11.3 Å². The van der Waals surface area contributed by atoms with Gasteiger partial charge in [0.15, 0.2) is 0 Å². The van der Waals surface area contributed by atoms with E-state index in [-0.39, 0.29) is 6.61 Å². The Morgan fingerprint density at radius 3 is 3.00 bits per heavy atom. The molecule has 3 nitrogen and oxygen atoms in total. The van der Waals surface area contributed by atoms with Gasteiger partial charge in [0.1, 0.15) is 12.4 Å². The van der Waals surface area contributed by atoms with E-state index in [1.54, 1.807) is 17.5 Å². The Kier molecular flexibility index (Phi) is 2.16. The highest BCUT2D eigenvalue weighted by Crippen LogP contribution is 2.28. The smallest absolute Gasteiger partial charge is 0.236 e. The standard InChI is InChI=1S/C9H9NO2S/c1-6-2-3-13-8(6)9-10-4-7(5-11)12-9/h2-4,11H,5H2,1H3. The van der Waals surface area contributed by atoms with Gasteiger partial charge in [-0.3, -0.25) is 0 Å². The Morgan fingerprint density at radius 1 is 1.62 bits per heavy atom. The first-order valence-corrected chi connectivity index (χ1v) is 4.79. The molecule has 4 heteroatoms. The van der Waals surface area contributed by atoms with Gasteiger partial charge in [0.2, 0.25) is 5.89 Å². The van der Waals surface area contributed by atoms with E-state index < -0.39 is 0 Å². The molecule has 0 atom stereocenters. The number of thiophene rings is 1. The zero-order chi connectivity index (χ0) is 9.26. The van der Waals surface area contributed by atoms with Crippen LogP contribution in [0, 0.1) is 6.92 Å². The molecule has 0 unspecified atom stereocenters. The van der Waals surface area contributed by atoms with E-state index in [0.717, 1.165) is 10.4 Å². The maximum atomic E-state index is 8.79. The first-order chi connectivity index (χ1) is 6.31. The minimum absolute atomic E-state index is 0.0998. The highest BCUT2D eigenvalue weighted by molar-refractivity contribution is 7.13. The third-order valence-corrected chi connectivity index (χ3v) is 2.77. The third-order valence-electron chi connectivity index (χ3n) is 1.77. The van der Waals surface area contributed by atoms with Crippen LogP contribution in [0.3, 0.4) is 0 Å². The normalized spacial score (nSPS) is 10.6. The minimum atomic E-state index is -0.0998. The number of oxazole rings is 1. The summed E-state index contributed by atoms with van der Waals surface area (Å²) in [5, 5.41) is 10.8. The molecule has 0 saturated heterocycles. The molecule has 13 heavy (non-hydrogen) atoms. The second-order valence-electron chi connectivity index (χ2n) is 2.72. The lowest BCUT2D eigenvalue weighted by Crippen LogP contribution is -1.74. The van der Waals surface area contributed by atoms with Crippen LogP contribution in [0.15, 0.2) is 22.1 Å². The lowest BCUT2D eigenvalue weighted by molar-refractivity contribution is 0.248.